The van der Waals surface area contributed by atoms with Gasteiger partial charge in [0.25, 0.3) is 5.91 Å². The van der Waals surface area contributed by atoms with Gasteiger partial charge in [0, 0.05) is 31.4 Å². The highest BCUT2D eigenvalue weighted by Gasteiger charge is 2.12. The monoisotopic (exact) mass is 368 g/mol. The zero-order valence-corrected chi connectivity index (χ0v) is 14.8. The normalized spacial score (nSPS) is 11.4. The number of hydrogen-bond donors (Lipinski definition) is 3. The summed E-state index contributed by atoms with van der Waals surface area (Å²) in [6.45, 7) is 0.436. The molecule has 140 valence electrons. The van der Waals surface area contributed by atoms with E-state index < -0.39 is 5.91 Å². The Morgan fingerprint density at radius 2 is 2.07 bits per heavy atom. The number of nitrogens with two attached hydrogens (primary N) is 2. The Kier molecular flexibility index (Phi) is 7.00. The second-order valence-corrected chi connectivity index (χ2v) is 5.34. The summed E-state index contributed by atoms with van der Waals surface area (Å²) in [4.78, 5) is 35.6. The van der Waals surface area contributed by atoms with Crippen molar-refractivity contribution in [1.29, 1.82) is 0 Å². The maximum Gasteiger partial charge on any atom is 0.337 e. The number of esters is 1. The lowest BCUT2D eigenvalue weighted by Gasteiger charge is -2.06. The number of nitrogen functional groups attached to an aromatic ring is 1. The molecule has 2 aromatic rings. The van der Waals surface area contributed by atoms with Crippen LogP contribution in [0.2, 0.25) is 0 Å². The summed E-state index contributed by atoms with van der Waals surface area (Å²) >= 11 is 0. The molecule has 0 aliphatic carbocycles. The number of carbonyl (C=O) groups is 2. The van der Waals surface area contributed by atoms with Crippen LogP contribution in [0.5, 0.6) is 0 Å². The van der Waals surface area contributed by atoms with Gasteiger partial charge in [-0.3, -0.25) is 9.79 Å². The highest BCUT2D eigenvalue weighted by Crippen LogP contribution is 2.07. The predicted octanol–water partition coefficient (Wildman–Crippen LogP) is 0.689. The summed E-state index contributed by atoms with van der Waals surface area (Å²) < 4.78 is 4.70. The van der Waals surface area contributed by atoms with E-state index in [1.165, 1.54) is 31.9 Å². The largest absolute Gasteiger partial charge is 0.465 e. The number of benzene rings is 1. The van der Waals surface area contributed by atoms with Crippen LogP contribution in [-0.2, 0) is 11.2 Å². The number of carbonyl (C=O) groups excluding carboxylic acids is 2. The van der Waals surface area contributed by atoms with Crippen molar-refractivity contribution in [3.8, 4) is 0 Å². The van der Waals surface area contributed by atoms with E-state index in [1.807, 2.05) is 6.07 Å². The van der Waals surface area contributed by atoms with Gasteiger partial charge < -0.3 is 21.5 Å². The number of allylic oxidation sites excluding steroid dienone is 1. The zero-order valence-electron chi connectivity index (χ0n) is 14.8. The molecule has 1 aromatic heterocycles. The molecular formula is C18H20N6O3. The van der Waals surface area contributed by atoms with Crippen LogP contribution >= 0.6 is 0 Å². The fraction of sp³-hybridized carbons (Fsp3) is 0.167. The van der Waals surface area contributed by atoms with E-state index >= 15 is 0 Å². The van der Waals surface area contributed by atoms with Crippen LogP contribution in [0, 0.1) is 0 Å². The quantitative estimate of drug-likeness (QED) is 0.481. The van der Waals surface area contributed by atoms with Gasteiger partial charge in [-0.1, -0.05) is 12.1 Å². The highest BCUT2D eigenvalue weighted by atomic mass is 16.5. The molecule has 9 nitrogen and oxygen atoms in total. The maximum atomic E-state index is 12.1. The smallest absolute Gasteiger partial charge is 0.337 e. The number of ether oxygens (including phenoxy) is 1. The van der Waals surface area contributed by atoms with Gasteiger partial charge in [0.05, 0.1) is 18.4 Å². The molecule has 5 N–H and O–H groups in total. The summed E-state index contributed by atoms with van der Waals surface area (Å²) in [5.74, 6) is -0.900. The van der Waals surface area contributed by atoms with Crippen molar-refractivity contribution in [2.24, 2.45) is 10.7 Å². The molecule has 0 bridgehead atoms. The van der Waals surface area contributed by atoms with E-state index in [-0.39, 0.29) is 17.5 Å². The van der Waals surface area contributed by atoms with Crippen LogP contribution in [0.15, 0.2) is 53.5 Å². The van der Waals surface area contributed by atoms with Crippen LogP contribution in [0.1, 0.15) is 26.4 Å². The van der Waals surface area contributed by atoms with Crippen molar-refractivity contribution in [3.05, 3.63) is 65.4 Å². The molecule has 0 saturated heterocycles. The van der Waals surface area contributed by atoms with E-state index in [1.54, 1.807) is 18.2 Å². The van der Waals surface area contributed by atoms with Crippen LogP contribution in [0.3, 0.4) is 0 Å². The Labute approximate surface area is 156 Å². The summed E-state index contributed by atoms with van der Waals surface area (Å²) in [7, 11) is 1.34. The van der Waals surface area contributed by atoms with Crippen LogP contribution in [-0.4, -0.2) is 41.7 Å². The molecule has 0 aliphatic heterocycles. The standard InChI is InChI=1S/C18H20N6O3/c1-27-18(26)13-4-2-3-12(9-13)5-6-21-11-14(10-19)24-17(25)15-16(20)23-8-7-22-15/h2-4,7-11H,5-6,19H2,1H3,(H2,20,23)(H,24,25). The fourth-order valence-electron chi connectivity index (χ4n) is 2.16. The number of aromatic nitrogens is 2. The van der Waals surface area contributed by atoms with E-state index in [2.05, 4.69) is 20.3 Å². The third-order valence-electron chi connectivity index (χ3n) is 3.49. The molecule has 9 heteroatoms. The number of aliphatic imine (C=N–C) groups is 1. The van der Waals surface area contributed by atoms with Gasteiger partial charge in [-0.2, -0.15) is 0 Å². The van der Waals surface area contributed by atoms with Gasteiger partial charge in [0.15, 0.2) is 11.5 Å². The van der Waals surface area contributed by atoms with Gasteiger partial charge >= 0.3 is 5.97 Å². The summed E-state index contributed by atoms with van der Waals surface area (Å²) in [5.41, 5.74) is 12.8. The number of nitrogens with one attached hydrogen (secondary N) is 1. The Morgan fingerprint density at radius 3 is 2.78 bits per heavy atom. The van der Waals surface area contributed by atoms with Gasteiger partial charge in [-0.25, -0.2) is 14.8 Å². The fourth-order valence-corrected chi connectivity index (χ4v) is 2.16. The number of hydrogen-bond acceptors (Lipinski definition) is 8. The molecular weight excluding hydrogens is 348 g/mol. The molecule has 2 rings (SSSR count). The third-order valence-corrected chi connectivity index (χ3v) is 3.49. The Morgan fingerprint density at radius 1 is 1.30 bits per heavy atom. The minimum Gasteiger partial charge on any atom is -0.465 e. The summed E-state index contributed by atoms with van der Waals surface area (Å²) in [6.07, 6.45) is 6.01. The average Bonchev–Trinajstić information content (AvgIpc) is 2.70. The third kappa shape index (κ3) is 5.63. The van der Waals surface area contributed by atoms with Crippen molar-refractivity contribution in [1.82, 2.24) is 15.3 Å². The first-order valence-electron chi connectivity index (χ1n) is 8.02. The molecule has 0 fully saturated rings. The number of rotatable bonds is 7. The summed E-state index contributed by atoms with van der Waals surface area (Å²) in [5, 5.41) is 2.56. The molecule has 0 atom stereocenters. The predicted molar refractivity (Wildman–Crippen MR) is 101 cm³/mol. The maximum absolute atomic E-state index is 12.1. The van der Waals surface area contributed by atoms with Crippen LogP contribution < -0.4 is 16.8 Å². The van der Waals surface area contributed by atoms with Crippen molar-refractivity contribution in [2.75, 3.05) is 19.4 Å². The van der Waals surface area contributed by atoms with Crippen molar-refractivity contribution in [3.63, 3.8) is 0 Å². The molecule has 0 aliphatic rings. The molecule has 1 aromatic carbocycles. The molecule has 27 heavy (non-hydrogen) atoms. The first-order chi connectivity index (χ1) is 13.0. The number of anilines is 1. The van der Waals surface area contributed by atoms with Gasteiger partial charge in [0.1, 0.15) is 0 Å². The second-order valence-electron chi connectivity index (χ2n) is 5.34. The SMILES string of the molecule is COC(=O)c1cccc(CCN=CC(=CN)NC(=O)c2nccnc2N)c1. The lowest BCUT2D eigenvalue weighted by Crippen LogP contribution is -2.26. The van der Waals surface area contributed by atoms with Gasteiger partial charge in [0.2, 0.25) is 0 Å². The molecule has 1 heterocycles. The minimum atomic E-state index is -0.533. The minimum absolute atomic E-state index is 0.00451. The molecule has 0 unspecified atom stereocenters. The molecule has 0 radical (unpaired) electrons. The Hall–Kier alpha value is -3.75. The van der Waals surface area contributed by atoms with E-state index in [4.69, 9.17) is 16.2 Å². The lowest BCUT2D eigenvalue weighted by molar-refractivity contribution is 0.0600. The second kappa shape index (κ2) is 9.66. The number of nitrogens with zero attached hydrogens (tertiary/aromatic N) is 3. The molecule has 1 amide bonds. The van der Waals surface area contributed by atoms with Crippen molar-refractivity contribution < 1.29 is 14.3 Å². The first-order valence-corrected chi connectivity index (χ1v) is 8.02. The van der Waals surface area contributed by atoms with E-state index in [0.717, 1.165) is 5.56 Å². The van der Waals surface area contributed by atoms with Crippen LogP contribution in [0.4, 0.5) is 5.82 Å². The highest BCUT2D eigenvalue weighted by molar-refractivity contribution is 6.00. The van der Waals surface area contributed by atoms with E-state index in [9.17, 15) is 9.59 Å². The number of methoxy groups -OCH3 is 1. The zero-order chi connectivity index (χ0) is 19.6. The molecule has 0 saturated carbocycles. The van der Waals surface area contributed by atoms with Gasteiger partial charge in [-0.05, 0) is 24.1 Å². The van der Waals surface area contributed by atoms with Gasteiger partial charge in [-0.15, -0.1) is 0 Å². The molecule has 0 spiro atoms. The first kappa shape index (κ1) is 19.6. The van der Waals surface area contributed by atoms with Crippen molar-refractivity contribution in [2.45, 2.75) is 6.42 Å². The Bertz CT molecular complexity index is 879. The average molecular weight is 368 g/mol. The van der Waals surface area contributed by atoms with Crippen LogP contribution in [0.25, 0.3) is 0 Å². The summed E-state index contributed by atoms with van der Waals surface area (Å²) in [6, 6.07) is 7.10. The van der Waals surface area contributed by atoms with E-state index in [0.29, 0.717) is 24.2 Å². The van der Waals surface area contributed by atoms with Crippen molar-refractivity contribution >= 4 is 23.9 Å². The lowest BCUT2D eigenvalue weighted by atomic mass is 10.1. The topological polar surface area (TPSA) is 146 Å². The number of amides is 1. The Balaban J connectivity index is 1.92.